The highest BCUT2D eigenvalue weighted by atomic mass is 32.1. The molecule has 0 aliphatic heterocycles. The van der Waals surface area contributed by atoms with Crippen molar-refractivity contribution in [3.05, 3.63) is 37.4 Å². The van der Waals surface area contributed by atoms with Gasteiger partial charge in [-0.25, -0.2) is 4.79 Å². The smallest absolute Gasteiger partial charge is 0.341 e. The molecule has 0 aromatic carbocycles. The van der Waals surface area contributed by atoms with Crippen LogP contribution in [0.2, 0.25) is 0 Å². The fourth-order valence-corrected chi connectivity index (χ4v) is 5.70. The first-order chi connectivity index (χ1) is 13.3. The Hall–Kier alpha value is -1.97. The van der Waals surface area contributed by atoms with E-state index in [4.69, 9.17) is 17.0 Å². The summed E-state index contributed by atoms with van der Waals surface area (Å²) in [5, 5.41) is 5.74. The normalized spacial score (nSPS) is 15.5. The zero-order chi connectivity index (χ0) is 20.4. The molecule has 1 aliphatic rings. The number of carbonyl (C=O) groups is 2. The average molecular weight is 438 g/mol. The van der Waals surface area contributed by atoms with Crippen LogP contribution < -0.4 is 16.2 Å². The molecule has 0 spiro atoms. The molecule has 0 fully saturated rings. The number of amides is 1. The van der Waals surface area contributed by atoms with E-state index in [2.05, 4.69) is 23.1 Å². The number of anilines is 1. The van der Waals surface area contributed by atoms with Crippen LogP contribution in [0.25, 0.3) is 0 Å². The third kappa shape index (κ3) is 4.21. The number of esters is 1. The lowest BCUT2D eigenvalue weighted by Gasteiger charge is -2.18. The van der Waals surface area contributed by atoms with E-state index in [1.807, 2.05) is 19.2 Å². The third-order valence-electron chi connectivity index (χ3n) is 4.95. The van der Waals surface area contributed by atoms with Crippen LogP contribution in [0.15, 0.2) is 5.38 Å². The molecular formula is C19H23N3O3S3. The Bertz CT molecular complexity index is 932. The molecule has 3 N–H and O–H groups in total. The molecule has 1 atom stereocenters. The first-order valence-electron chi connectivity index (χ1n) is 8.96. The summed E-state index contributed by atoms with van der Waals surface area (Å²) in [5.74, 6) is -0.0320. The van der Waals surface area contributed by atoms with Crippen molar-refractivity contribution in [1.82, 2.24) is 10.9 Å². The van der Waals surface area contributed by atoms with Gasteiger partial charge in [0.2, 0.25) is 0 Å². The summed E-state index contributed by atoms with van der Waals surface area (Å²) in [5.41, 5.74) is 8.50. The minimum Gasteiger partial charge on any atom is -0.465 e. The monoisotopic (exact) mass is 437 g/mol. The molecular weight excluding hydrogens is 414 g/mol. The number of thiophene rings is 2. The Balaban J connectivity index is 1.71. The maximum Gasteiger partial charge on any atom is 0.341 e. The molecule has 0 saturated heterocycles. The predicted molar refractivity (Wildman–Crippen MR) is 117 cm³/mol. The van der Waals surface area contributed by atoms with E-state index in [9.17, 15) is 9.59 Å². The molecule has 1 aliphatic carbocycles. The molecule has 6 nitrogen and oxygen atoms in total. The predicted octanol–water partition coefficient (Wildman–Crippen LogP) is 3.97. The van der Waals surface area contributed by atoms with Gasteiger partial charge in [0.15, 0.2) is 5.11 Å². The molecule has 2 aromatic rings. The van der Waals surface area contributed by atoms with Gasteiger partial charge in [-0.15, -0.1) is 22.7 Å². The Morgan fingerprint density at radius 3 is 2.68 bits per heavy atom. The minimum atomic E-state index is -0.370. The number of fused-ring (bicyclic) bond motifs is 1. The summed E-state index contributed by atoms with van der Waals surface area (Å²) in [6.07, 6.45) is 2.84. The molecule has 0 bridgehead atoms. The van der Waals surface area contributed by atoms with Crippen molar-refractivity contribution in [2.75, 3.05) is 12.4 Å². The maximum absolute atomic E-state index is 12.3. The van der Waals surface area contributed by atoms with Crippen LogP contribution in [0.1, 0.15) is 54.9 Å². The standard InChI is InChI=1S/C19H23N3O3S3/c1-9-5-6-12-14(7-9)28-17(15(12)18(24)25-4)20-19(26)22-21-16(23)13-8-27-11(3)10(13)2/h8-9H,5-7H2,1-4H3,(H,21,23)(H2,20,22,26)/t9-/m1/s1. The number of nitrogens with one attached hydrogen (secondary N) is 3. The molecule has 2 heterocycles. The number of hydrogen-bond acceptors (Lipinski definition) is 6. The summed E-state index contributed by atoms with van der Waals surface area (Å²) in [4.78, 5) is 27.0. The molecule has 0 unspecified atom stereocenters. The van der Waals surface area contributed by atoms with Gasteiger partial charge in [0.25, 0.3) is 5.91 Å². The van der Waals surface area contributed by atoms with Gasteiger partial charge < -0.3 is 10.1 Å². The van der Waals surface area contributed by atoms with E-state index < -0.39 is 0 Å². The van der Waals surface area contributed by atoms with E-state index >= 15 is 0 Å². The largest absolute Gasteiger partial charge is 0.465 e. The van der Waals surface area contributed by atoms with Crippen molar-refractivity contribution in [1.29, 1.82) is 0 Å². The number of hydrogen-bond donors (Lipinski definition) is 3. The van der Waals surface area contributed by atoms with E-state index in [0.717, 1.165) is 35.3 Å². The highest BCUT2D eigenvalue weighted by molar-refractivity contribution is 7.80. The van der Waals surface area contributed by atoms with Gasteiger partial charge in [0.1, 0.15) is 5.00 Å². The molecule has 9 heteroatoms. The van der Waals surface area contributed by atoms with Crippen LogP contribution in [-0.2, 0) is 17.6 Å². The van der Waals surface area contributed by atoms with E-state index in [-0.39, 0.29) is 17.0 Å². The Labute approximate surface area is 177 Å². The summed E-state index contributed by atoms with van der Waals surface area (Å²) >= 11 is 8.37. The number of methoxy groups -OCH3 is 1. The van der Waals surface area contributed by atoms with Gasteiger partial charge in [-0.3, -0.25) is 15.6 Å². The van der Waals surface area contributed by atoms with Crippen LogP contribution in [0.5, 0.6) is 0 Å². The summed E-state index contributed by atoms with van der Waals surface area (Å²) in [6.45, 7) is 6.10. The van der Waals surface area contributed by atoms with Crippen molar-refractivity contribution in [3.8, 4) is 0 Å². The number of carbonyl (C=O) groups excluding carboxylic acids is 2. The average Bonchev–Trinajstić information content (AvgIpc) is 3.18. The Morgan fingerprint density at radius 1 is 1.29 bits per heavy atom. The topological polar surface area (TPSA) is 79.5 Å². The fourth-order valence-electron chi connectivity index (χ4n) is 3.21. The second kappa shape index (κ2) is 8.59. The van der Waals surface area contributed by atoms with Gasteiger partial charge in [0, 0.05) is 15.1 Å². The second-order valence-electron chi connectivity index (χ2n) is 6.91. The summed E-state index contributed by atoms with van der Waals surface area (Å²) < 4.78 is 4.98. The van der Waals surface area contributed by atoms with Crippen molar-refractivity contribution in [3.63, 3.8) is 0 Å². The quantitative estimate of drug-likeness (QED) is 0.383. The lowest BCUT2D eigenvalue weighted by molar-refractivity contribution is 0.0600. The van der Waals surface area contributed by atoms with Gasteiger partial charge in [-0.05, 0) is 62.4 Å². The van der Waals surface area contributed by atoms with Crippen molar-refractivity contribution in [2.24, 2.45) is 5.92 Å². The van der Waals surface area contributed by atoms with E-state index in [1.54, 1.807) is 0 Å². The molecule has 1 amide bonds. The number of thiocarbonyl (C=S) groups is 1. The third-order valence-corrected chi connectivity index (χ3v) is 7.34. The highest BCUT2D eigenvalue weighted by Crippen LogP contribution is 2.40. The lowest BCUT2D eigenvalue weighted by Crippen LogP contribution is -2.43. The van der Waals surface area contributed by atoms with Crippen LogP contribution in [0.4, 0.5) is 5.00 Å². The zero-order valence-electron chi connectivity index (χ0n) is 16.2. The van der Waals surface area contributed by atoms with Crippen molar-refractivity contribution < 1.29 is 14.3 Å². The number of hydrazine groups is 1. The second-order valence-corrected chi connectivity index (χ2v) is 9.51. The van der Waals surface area contributed by atoms with Gasteiger partial charge in [-0.1, -0.05) is 6.92 Å². The van der Waals surface area contributed by atoms with Crippen molar-refractivity contribution >= 4 is 56.9 Å². The molecule has 28 heavy (non-hydrogen) atoms. The highest BCUT2D eigenvalue weighted by Gasteiger charge is 2.28. The van der Waals surface area contributed by atoms with Crippen LogP contribution in [0.3, 0.4) is 0 Å². The van der Waals surface area contributed by atoms with E-state index in [0.29, 0.717) is 22.0 Å². The number of rotatable bonds is 3. The molecule has 150 valence electrons. The summed E-state index contributed by atoms with van der Waals surface area (Å²) in [7, 11) is 1.38. The van der Waals surface area contributed by atoms with Gasteiger partial charge >= 0.3 is 5.97 Å². The number of ether oxygens (including phenoxy) is 1. The van der Waals surface area contributed by atoms with Crippen molar-refractivity contribution in [2.45, 2.75) is 40.0 Å². The first kappa shape index (κ1) is 20.8. The Morgan fingerprint density at radius 2 is 2.04 bits per heavy atom. The van der Waals surface area contributed by atoms with E-state index in [1.165, 1.54) is 34.7 Å². The number of aryl methyl sites for hydroxylation is 1. The Kier molecular flexibility index (Phi) is 6.36. The zero-order valence-corrected chi connectivity index (χ0v) is 18.7. The minimum absolute atomic E-state index is 0.217. The van der Waals surface area contributed by atoms with Gasteiger partial charge in [0.05, 0.1) is 18.2 Å². The first-order valence-corrected chi connectivity index (χ1v) is 11.1. The fraction of sp³-hybridized carbons (Fsp3) is 0.421. The molecule has 0 saturated carbocycles. The van der Waals surface area contributed by atoms with Crippen LogP contribution in [0, 0.1) is 19.8 Å². The SMILES string of the molecule is COC(=O)c1c(NC(=S)NNC(=O)c2csc(C)c2C)sc2c1CC[C@@H](C)C2. The van der Waals surface area contributed by atoms with Crippen LogP contribution >= 0.6 is 34.9 Å². The molecule has 0 radical (unpaired) electrons. The maximum atomic E-state index is 12.3. The molecule has 3 rings (SSSR count). The lowest BCUT2D eigenvalue weighted by atomic mass is 9.88. The van der Waals surface area contributed by atoms with Gasteiger partial charge in [-0.2, -0.15) is 0 Å². The molecule has 2 aromatic heterocycles. The summed E-state index contributed by atoms with van der Waals surface area (Å²) in [6, 6.07) is 0. The van der Waals surface area contributed by atoms with Crippen LogP contribution in [-0.4, -0.2) is 24.1 Å².